The zero-order chi connectivity index (χ0) is 24.2. The quantitative estimate of drug-likeness (QED) is 0.461. The van der Waals surface area contributed by atoms with Gasteiger partial charge in [0.1, 0.15) is 17.8 Å². The van der Waals surface area contributed by atoms with Gasteiger partial charge in [-0.25, -0.2) is 9.97 Å². The summed E-state index contributed by atoms with van der Waals surface area (Å²) in [6.45, 7) is 4.20. The number of benzene rings is 2. The molecule has 1 aliphatic carbocycles. The molecule has 2 atom stereocenters. The maximum Gasteiger partial charge on any atom is 0.232 e. The Morgan fingerprint density at radius 1 is 1.17 bits per heavy atom. The number of anilines is 1. The van der Waals surface area contributed by atoms with E-state index in [1.54, 1.807) is 11.0 Å². The topological polar surface area (TPSA) is 85.2 Å². The van der Waals surface area contributed by atoms with Crippen molar-refractivity contribution in [2.75, 3.05) is 32.1 Å². The maximum atomic E-state index is 13.4. The Kier molecular flexibility index (Phi) is 5.07. The fourth-order valence-electron chi connectivity index (χ4n) is 5.47. The van der Waals surface area contributed by atoms with Crippen LogP contribution in [0.1, 0.15) is 13.3 Å². The number of fused-ring (bicyclic) bond motifs is 2. The molecule has 2 aliphatic rings. The van der Waals surface area contributed by atoms with Crippen LogP contribution in [-0.2, 0) is 11.8 Å². The Bertz CT molecular complexity index is 1430. The summed E-state index contributed by atoms with van der Waals surface area (Å²) >= 11 is 0. The molecule has 4 aromatic rings. The monoisotopic (exact) mass is 468 g/mol. The molecule has 2 fully saturated rings. The van der Waals surface area contributed by atoms with Gasteiger partial charge in [0.25, 0.3) is 0 Å². The van der Waals surface area contributed by atoms with Crippen LogP contribution in [0.15, 0.2) is 55.0 Å². The van der Waals surface area contributed by atoms with Gasteiger partial charge in [-0.2, -0.15) is 5.10 Å². The third kappa shape index (κ3) is 3.65. The highest BCUT2D eigenvalue weighted by Gasteiger charge is 2.64. The minimum Gasteiger partial charge on any atom is -0.492 e. The predicted molar refractivity (Wildman–Crippen MR) is 135 cm³/mol. The molecule has 1 saturated carbocycles. The summed E-state index contributed by atoms with van der Waals surface area (Å²) in [5, 5.41) is 8.75. The second-order valence-electron chi connectivity index (χ2n) is 9.66. The second kappa shape index (κ2) is 8.16. The van der Waals surface area contributed by atoms with Crippen LogP contribution in [0, 0.1) is 11.3 Å². The standard InChI is InChI=1S/C27H28N6O2/c1-4-35-23-11-21-19(10-22(23)30-26(34)27-12-18(27)13-32(2)15-27)25(29-16-28-21)20-14-33(3)31-24(20)17-8-6-5-7-9-17/h5-11,14,16,18H,4,12-13,15H2,1-3H3,(H,30,34)/t18-,27-/m1/s1. The van der Waals surface area contributed by atoms with Crippen molar-refractivity contribution in [2.45, 2.75) is 13.3 Å². The zero-order valence-electron chi connectivity index (χ0n) is 20.2. The number of ether oxygens (including phenoxy) is 1. The molecule has 1 N–H and O–H groups in total. The number of hydrogen-bond donors (Lipinski definition) is 1. The number of likely N-dealkylation sites (tertiary alicyclic amines) is 1. The number of hydrogen-bond acceptors (Lipinski definition) is 6. The van der Waals surface area contributed by atoms with Gasteiger partial charge in [0.05, 0.1) is 28.9 Å². The number of nitrogens with one attached hydrogen (secondary N) is 1. The molecule has 0 bridgehead atoms. The molecule has 0 spiro atoms. The molecule has 1 saturated heterocycles. The fourth-order valence-corrected chi connectivity index (χ4v) is 5.47. The van der Waals surface area contributed by atoms with Gasteiger partial charge in [0.15, 0.2) is 0 Å². The number of aryl methyl sites for hydroxylation is 1. The molecule has 178 valence electrons. The number of amides is 1. The van der Waals surface area contributed by atoms with E-state index >= 15 is 0 Å². The van der Waals surface area contributed by atoms with Crippen molar-refractivity contribution in [3.05, 3.63) is 55.0 Å². The smallest absolute Gasteiger partial charge is 0.232 e. The third-order valence-electron chi connectivity index (χ3n) is 7.18. The van der Waals surface area contributed by atoms with E-state index in [1.807, 2.05) is 62.6 Å². The van der Waals surface area contributed by atoms with Crippen molar-refractivity contribution in [1.82, 2.24) is 24.6 Å². The fraction of sp³-hybridized carbons (Fsp3) is 0.333. The van der Waals surface area contributed by atoms with Crippen molar-refractivity contribution in [3.8, 4) is 28.3 Å². The first-order valence-electron chi connectivity index (χ1n) is 12.0. The highest BCUT2D eigenvalue weighted by Crippen LogP contribution is 2.58. The summed E-state index contributed by atoms with van der Waals surface area (Å²) < 4.78 is 7.71. The molecular weight excluding hydrogens is 440 g/mol. The first-order valence-corrected chi connectivity index (χ1v) is 12.0. The van der Waals surface area contributed by atoms with Crippen LogP contribution in [0.2, 0.25) is 0 Å². The second-order valence-corrected chi connectivity index (χ2v) is 9.66. The molecule has 0 radical (unpaired) electrons. The minimum absolute atomic E-state index is 0.0666. The van der Waals surface area contributed by atoms with Gasteiger partial charge in [-0.3, -0.25) is 9.48 Å². The molecule has 1 aliphatic heterocycles. The van der Waals surface area contributed by atoms with Crippen molar-refractivity contribution in [3.63, 3.8) is 0 Å². The lowest BCUT2D eigenvalue weighted by molar-refractivity contribution is -0.121. The van der Waals surface area contributed by atoms with Crippen molar-refractivity contribution >= 4 is 22.5 Å². The van der Waals surface area contributed by atoms with Gasteiger partial charge in [-0.1, -0.05) is 30.3 Å². The lowest BCUT2D eigenvalue weighted by atomic mass is 10.0. The third-order valence-corrected chi connectivity index (χ3v) is 7.18. The van der Waals surface area contributed by atoms with E-state index in [4.69, 9.17) is 9.84 Å². The van der Waals surface area contributed by atoms with Crippen LogP contribution in [-0.4, -0.2) is 57.3 Å². The zero-order valence-corrected chi connectivity index (χ0v) is 20.2. The van der Waals surface area contributed by atoms with Gasteiger partial charge in [-0.05, 0) is 32.4 Å². The first-order chi connectivity index (χ1) is 17.0. The summed E-state index contributed by atoms with van der Waals surface area (Å²) in [6, 6.07) is 13.9. The summed E-state index contributed by atoms with van der Waals surface area (Å²) in [5.41, 5.74) is 4.66. The molecule has 2 aromatic heterocycles. The van der Waals surface area contributed by atoms with E-state index in [0.717, 1.165) is 52.9 Å². The van der Waals surface area contributed by atoms with E-state index in [1.165, 1.54) is 0 Å². The van der Waals surface area contributed by atoms with Crippen LogP contribution in [0.5, 0.6) is 5.75 Å². The number of carbonyl (C=O) groups excluding carboxylic acids is 1. The van der Waals surface area contributed by atoms with E-state index < -0.39 is 0 Å². The Labute approximate surface area is 203 Å². The summed E-state index contributed by atoms with van der Waals surface area (Å²) in [4.78, 5) is 24.8. The van der Waals surface area contributed by atoms with Gasteiger partial charge in [0.2, 0.25) is 5.91 Å². The van der Waals surface area contributed by atoms with E-state index in [0.29, 0.717) is 24.0 Å². The molecule has 8 heteroatoms. The number of nitrogens with zero attached hydrogens (tertiary/aromatic N) is 5. The molecule has 0 unspecified atom stereocenters. The summed E-state index contributed by atoms with van der Waals surface area (Å²) in [7, 11) is 3.98. The number of rotatable bonds is 6. The predicted octanol–water partition coefficient (Wildman–Crippen LogP) is 3.99. The highest BCUT2D eigenvalue weighted by molar-refractivity contribution is 6.04. The van der Waals surface area contributed by atoms with Crippen LogP contribution >= 0.6 is 0 Å². The highest BCUT2D eigenvalue weighted by atomic mass is 16.5. The minimum atomic E-state index is -0.285. The molecule has 2 aromatic carbocycles. The molecular formula is C27H28N6O2. The van der Waals surface area contributed by atoms with E-state index in [9.17, 15) is 4.79 Å². The van der Waals surface area contributed by atoms with Crippen LogP contribution < -0.4 is 10.1 Å². The van der Waals surface area contributed by atoms with Crippen molar-refractivity contribution in [1.29, 1.82) is 0 Å². The average molecular weight is 469 g/mol. The SMILES string of the molecule is CCOc1cc2ncnc(-c3cn(C)nc3-c3ccccc3)c2cc1NC(=O)[C@@]12C[C@@H]1CN(C)C2. The van der Waals surface area contributed by atoms with Crippen molar-refractivity contribution < 1.29 is 9.53 Å². The molecule has 1 amide bonds. The summed E-state index contributed by atoms with van der Waals surface area (Å²) in [5.74, 6) is 1.12. The van der Waals surface area contributed by atoms with Crippen molar-refractivity contribution in [2.24, 2.45) is 18.4 Å². The molecule has 6 rings (SSSR count). The number of piperidine rings is 1. The molecule has 8 nitrogen and oxygen atoms in total. The van der Waals surface area contributed by atoms with Crippen LogP contribution in [0.25, 0.3) is 33.4 Å². The first kappa shape index (κ1) is 21.7. The van der Waals surface area contributed by atoms with Crippen LogP contribution in [0.3, 0.4) is 0 Å². The lowest BCUT2D eigenvalue weighted by Crippen LogP contribution is -2.30. The Balaban J connectivity index is 1.46. The summed E-state index contributed by atoms with van der Waals surface area (Å²) in [6.07, 6.45) is 4.49. The van der Waals surface area contributed by atoms with Gasteiger partial charge in [-0.15, -0.1) is 0 Å². The molecule has 35 heavy (non-hydrogen) atoms. The van der Waals surface area contributed by atoms with Gasteiger partial charge < -0.3 is 15.0 Å². The number of aromatic nitrogens is 4. The Hall–Kier alpha value is -3.78. The van der Waals surface area contributed by atoms with E-state index in [2.05, 4.69) is 27.2 Å². The van der Waals surface area contributed by atoms with E-state index in [-0.39, 0.29) is 11.3 Å². The normalized spacial score (nSPS) is 21.2. The molecule has 3 heterocycles. The average Bonchev–Trinajstić information content (AvgIpc) is 3.22. The van der Waals surface area contributed by atoms with Gasteiger partial charge >= 0.3 is 0 Å². The Morgan fingerprint density at radius 2 is 2.00 bits per heavy atom. The van der Waals surface area contributed by atoms with Crippen LogP contribution in [0.4, 0.5) is 5.69 Å². The largest absolute Gasteiger partial charge is 0.492 e. The van der Waals surface area contributed by atoms with Gasteiger partial charge in [0, 0.05) is 48.9 Å². The maximum absolute atomic E-state index is 13.4. The Morgan fingerprint density at radius 3 is 2.74 bits per heavy atom. The number of carbonyl (C=O) groups is 1. The lowest BCUT2D eigenvalue weighted by Gasteiger charge is -2.18.